The van der Waals surface area contributed by atoms with E-state index in [2.05, 4.69) is 11.8 Å². The summed E-state index contributed by atoms with van der Waals surface area (Å²) >= 11 is 0. The molecule has 0 spiro atoms. The molecule has 0 amide bonds. The molecule has 0 saturated carbocycles. The van der Waals surface area contributed by atoms with Crippen molar-refractivity contribution >= 4 is 0 Å². The van der Waals surface area contributed by atoms with Gasteiger partial charge in [-0.25, -0.2) is 0 Å². The molecule has 1 rings (SSSR count). The highest BCUT2D eigenvalue weighted by molar-refractivity contribution is 4.82. The Morgan fingerprint density at radius 3 is 2.83 bits per heavy atom. The monoisotopic (exact) mass is 172 g/mol. The number of methoxy groups -OCH3 is 1. The van der Waals surface area contributed by atoms with E-state index < -0.39 is 0 Å². The van der Waals surface area contributed by atoms with Crippen LogP contribution in [-0.4, -0.2) is 44.3 Å². The van der Waals surface area contributed by atoms with Gasteiger partial charge < -0.3 is 10.5 Å². The van der Waals surface area contributed by atoms with Crippen LogP contribution in [0, 0.1) is 5.92 Å². The molecule has 2 atom stereocenters. The first-order valence-corrected chi connectivity index (χ1v) is 4.71. The van der Waals surface area contributed by atoms with Crippen LogP contribution in [0.15, 0.2) is 0 Å². The van der Waals surface area contributed by atoms with Gasteiger partial charge in [-0.1, -0.05) is 0 Å². The maximum Gasteiger partial charge on any atom is 0.0589 e. The van der Waals surface area contributed by atoms with E-state index in [1.54, 1.807) is 7.11 Å². The average molecular weight is 172 g/mol. The smallest absolute Gasteiger partial charge is 0.0589 e. The maximum atomic E-state index is 5.63. The lowest BCUT2D eigenvalue weighted by atomic mass is 10.1. The summed E-state index contributed by atoms with van der Waals surface area (Å²) < 4.78 is 5.05. The second-order valence-corrected chi connectivity index (χ2v) is 3.67. The zero-order valence-corrected chi connectivity index (χ0v) is 8.12. The zero-order valence-electron chi connectivity index (χ0n) is 8.12. The quantitative estimate of drug-likeness (QED) is 0.663. The third-order valence-electron chi connectivity index (χ3n) is 2.71. The number of hydrogen-bond donors (Lipinski definition) is 1. The molecule has 2 unspecified atom stereocenters. The molecule has 0 aromatic rings. The second kappa shape index (κ2) is 4.80. The van der Waals surface area contributed by atoms with Crippen LogP contribution in [-0.2, 0) is 4.74 Å². The van der Waals surface area contributed by atoms with Crippen LogP contribution in [0.25, 0.3) is 0 Å². The van der Waals surface area contributed by atoms with E-state index in [0.29, 0.717) is 12.0 Å². The molecule has 0 aliphatic carbocycles. The summed E-state index contributed by atoms with van der Waals surface area (Å²) in [6.45, 7) is 6.13. The van der Waals surface area contributed by atoms with E-state index in [1.165, 1.54) is 6.42 Å². The van der Waals surface area contributed by atoms with Crippen molar-refractivity contribution in [2.45, 2.75) is 19.4 Å². The van der Waals surface area contributed by atoms with E-state index in [9.17, 15) is 0 Å². The Bertz CT molecular complexity index is 130. The number of ether oxygens (including phenoxy) is 1. The topological polar surface area (TPSA) is 38.5 Å². The number of likely N-dealkylation sites (tertiary alicyclic amines) is 1. The molecular weight excluding hydrogens is 152 g/mol. The normalized spacial score (nSPS) is 31.2. The first-order valence-electron chi connectivity index (χ1n) is 4.71. The van der Waals surface area contributed by atoms with Gasteiger partial charge in [-0.2, -0.15) is 0 Å². The lowest BCUT2D eigenvalue weighted by Crippen LogP contribution is -2.31. The average Bonchev–Trinajstić information content (AvgIpc) is 2.43. The fraction of sp³-hybridized carbons (Fsp3) is 1.00. The summed E-state index contributed by atoms with van der Waals surface area (Å²) in [5.41, 5.74) is 5.63. The van der Waals surface area contributed by atoms with E-state index >= 15 is 0 Å². The molecule has 3 nitrogen and oxygen atoms in total. The molecule has 2 N–H and O–H groups in total. The Balaban J connectivity index is 2.25. The van der Waals surface area contributed by atoms with Crippen molar-refractivity contribution in [3.63, 3.8) is 0 Å². The Morgan fingerprint density at radius 2 is 2.33 bits per heavy atom. The molecule has 1 aliphatic heterocycles. The van der Waals surface area contributed by atoms with Crippen LogP contribution >= 0.6 is 0 Å². The molecular formula is C9H20N2O. The predicted molar refractivity (Wildman–Crippen MR) is 50.1 cm³/mol. The number of rotatable bonds is 4. The summed E-state index contributed by atoms with van der Waals surface area (Å²) in [5.74, 6) is 0.705. The van der Waals surface area contributed by atoms with Crippen LogP contribution in [0.4, 0.5) is 0 Å². The fourth-order valence-corrected chi connectivity index (χ4v) is 1.91. The van der Waals surface area contributed by atoms with Gasteiger partial charge in [0, 0.05) is 26.2 Å². The first-order chi connectivity index (χ1) is 5.77. The van der Waals surface area contributed by atoms with Gasteiger partial charge in [-0.15, -0.1) is 0 Å². The highest BCUT2D eigenvalue weighted by Crippen LogP contribution is 2.21. The van der Waals surface area contributed by atoms with Gasteiger partial charge in [0.15, 0.2) is 0 Å². The molecule has 0 aromatic heterocycles. The van der Waals surface area contributed by atoms with Crippen molar-refractivity contribution in [3.8, 4) is 0 Å². The van der Waals surface area contributed by atoms with E-state index in [0.717, 1.165) is 26.2 Å². The van der Waals surface area contributed by atoms with Gasteiger partial charge in [0.25, 0.3) is 0 Å². The highest BCUT2D eigenvalue weighted by Gasteiger charge is 2.27. The zero-order chi connectivity index (χ0) is 8.97. The second-order valence-electron chi connectivity index (χ2n) is 3.67. The highest BCUT2D eigenvalue weighted by atomic mass is 16.5. The minimum Gasteiger partial charge on any atom is -0.383 e. The van der Waals surface area contributed by atoms with Crippen molar-refractivity contribution in [2.24, 2.45) is 11.7 Å². The molecule has 0 bridgehead atoms. The van der Waals surface area contributed by atoms with Crippen molar-refractivity contribution in [3.05, 3.63) is 0 Å². The Kier molecular flexibility index (Phi) is 3.98. The van der Waals surface area contributed by atoms with Crippen LogP contribution in [0.2, 0.25) is 0 Å². The predicted octanol–water partition coefficient (Wildman–Crippen LogP) is 0.302. The van der Waals surface area contributed by atoms with E-state index in [1.807, 2.05) is 0 Å². The standard InChI is InChI=1S/C9H20N2O/c1-8-5-9(6-10)7-11(8)3-4-12-2/h8-9H,3-7,10H2,1-2H3. The molecule has 1 saturated heterocycles. The van der Waals surface area contributed by atoms with Crippen LogP contribution in [0.5, 0.6) is 0 Å². The fourth-order valence-electron chi connectivity index (χ4n) is 1.91. The van der Waals surface area contributed by atoms with Crippen LogP contribution in [0.1, 0.15) is 13.3 Å². The Labute approximate surface area is 74.9 Å². The lowest BCUT2D eigenvalue weighted by molar-refractivity contribution is 0.143. The van der Waals surface area contributed by atoms with E-state index in [4.69, 9.17) is 10.5 Å². The number of hydrogen-bond acceptors (Lipinski definition) is 3. The maximum absolute atomic E-state index is 5.63. The lowest BCUT2D eigenvalue weighted by Gasteiger charge is -2.19. The third-order valence-corrected chi connectivity index (χ3v) is 2.71. The minimum absolute atomic E-state index is 0.689. The molecule has 72 valence electrons. The summed E-state index contributed by atoms with van der Waals surface area (Å²) in [6.07, 6.45) is 1.25. The minimum atomic E-state index is 0.689. The summed E-state index contributed by atoms with van der Waals surface area (Å²) in [7, 11) is 1.75. The first kappa shape index (κ1) is 9.96. The molecule has 12 heavy (non-hydrogen) atoms. The van der Waals surface area contributed by atoms with Crippen LogP contribution < -0.4 is 5.73 Å². The Hall–Kier alpha value is -0.120. The van der Waals surface area contributed by atoms with Crippen LogP contribution in [0.3, 0.4) is 0 Å². The van der Waals surface area contributed by atoms with Gasteiger partial charge in [0.1, 0.15) is 0 Å². The van der Waals surface area contributed by atoms with Gasteiger partial charge in [-0.05, 0) is 25.8 Å². The molecule has 1 fully saturated rings. The van der Waals surface area contributed by atoms with E-state index in [-0.39, 0.29) is 0 Å². The van der Waals surface area contributed by atoms with Crippen molar-refractivity contribution < 1.29 is 4.74 Å². The third kappa shape index (κ3) is 2.44. The number of nitrogens with two attached hydrogens (primary N) is 1. The van der Waals surface area contributed by atoms with Crippen molar-refractivity contribution in [2.75, 3.05) is 33.4 Å². The molecule has 1 aliphatic rings. The summed E-state index contributed by atoms with van der Waals surface area (Å²) in [5, 5.41) is 0. The van der Waals surface area contributed by atoms with Gasteiger partial charge >= 0.3 is 0 Å². The van der Waals surface area contributed by atoms with Gasteiger partial charge in [0.2, 0.25) is 0 Å². The van der Waals surface area contributed by atoms with Crippen molar-refractivity contribution in [1.29, 1.82) is 0 Å². The number of nitrogens with zero attached hydrogens (tertiary/aromatic N) is 1. The molecule has 0 aromatic carbocycles. The summed E-state index contributed by atoms with van der Waals surface area (Å²) in [6, 6.07) is 0.689. The molecule has 0 radical (unpaired) electrons. The SMILES string of the molecule is COCCN1CC(CN)CC1C. The molecule has 3 heteroatoms. The van der Waals surface area contributed by atoms with Gasteiger partial charge in [0.05, 0.1) is 6.61 Å². The van der Waals surface area contributed by atoms with Crippen molar-refractivity contribution in [1.82, 2.24) is 4.90 Å². The Morgan fingerprint density at radius 1 is 1.58 bits per heavy atom. The largest absolute Gasteiger partial charge is 0.383 e. The molecule has 1 heterocycles. The summed E-state index contributed by atoms with van der Waals surface area (Å²) in [4.78, 5) is 2.46. The van der Waals surface area contributed by atoms with Gasteiger partial charge in [-0.3, -0.25) is 4.90 Å².